The minimum atomic E-state index is -3.67. The summed E-state index contributed by atoms with van der Waals surface area (Å²) in [6.45, 7) is 4.82. The number of hydrogen-bond acceptors (Lipinski definition) is 4. The molecule has 0 aliphatic rings. The average molecular weight is 439 g/mol. The molecular weight excluding hydrogens is 412 g/mol. The number of rotatable bonds is 9. The van der Waals surface area contributed by atoms with E-state index in [4.69, 9.17) is 4.74 Å². The van der Waals surface area contributed by atoms with Crippen molar-refractivity contribution >= 4 is 21.6 Å². The molecule has 0 aromatic heterocycles. The summed E-state index contributed by atoms with van der Waals surface area (Å²) in [5, 5.41) is 2.90. The fourth-order valence-electron chi connectivity index (χ4n) is 2.91. The van der Waals surface area contributed by atoms with Crippen LogP contribution in [0.3, 0.4) is 0 Å². The van der Waals surface area contributed by atoms with Gasteiger partial charge in [-0.2, -0.15) is 0 Å². The van der Waals surface area contributed by atoms with Crippen LogP contribution in [0.4, 0.5) is 5.69 Å². The van der Waals surface area contributed by atoms with E-state index in [-0.39, 0.29) is 16.9 Å². The average Bonchev–Trinajstić information content (AvgIpc) is 2.77. The quantitative estimate of drug-likeness (QED) is 0.520. The maximum atomic E-state index is 12.5. The van der Waals surface area contributed by atoms with Crippen LogP contribution >= 0.6 is 0 Å². The first-order valence-electron chi connectivity index (χ1n) is 9.99. The molecule has 162 valence electrons. The molecule has 0 heterocycles. The van der Waals surface area contributed by atoms with E-state index in [2.05, 4.69) is 10.0 Å². The Balaban J connectivity index is 1.61. The fraction of sp³-hybridized carbons (Fsp3) is 0.208. The molecule has 7 heteroatoms. The Morgan fingerprint density at radius 1 is 0.871 bits per heavy atom. The first-order chi connectivity index (χ1) is 14.8. The fourth-order valence-corrected chi connectivity index (χ4v) is 3.99. The molecule has 3 aromatic carbocycles. The summed E-state index contributed by atoms with van der Waals surface area (Å²) in [5.74, 6) is -0.239. The zero-order valence-corrected chi connectivity index (χ0v) is 18.4. The van der Waals surface area contributed by atoms with Crippen molar-refractivity contribution in [2.45, 2.75) is 38.0 Å². The minimum absolute atomic E-state index is 0.125. The summed E-state index contributed by atoms with van der Waals surface area (Å²) in [5.41, 5.74) is 2.85. The van der Waals surface area contributed by atoms with Crippen LogP contribution in [0.15, 0.2) is 83.8 Å². The van der Waals surface area contributed by atoms with E-state index in [0.717, 1.165) is 11.1 Å². The van der Waals surface area contributed by atoms with Gasteiger partial charge in [0.25, 0.3) is 15.9 Å². The van der Waals surface area contributed by atoms with Gasteiger partial charge >= 0.3 is 0 Å². The molecule has 0 fully saturated rings. The summed E-state index contributed by atoms with van der Waals surface area (Å²) in [6.07, 6.45) is 0.125. The third-order valence-electron chi connectivity index (χ3n) is 4.58. The number of benzene rings is 3. The lowest BCUT2D eigenvalue weighted by Gasteiger charge is -2.13. The lowest BCUT2D eigenvalue weighted by atomic mass is 10.1. The molecule has 0 unspecified atom stereocenters. The molecule has 1 amide bonds. The van der Waals surface area contributed by atoms with Crippen molar-refractivity contribution < 1.29 is 17.9 Å². The molecule has 0 aliphatic carbocycles. The van der Waals surface area contributed by atoms with Crippen LogP contribution in [0.5, 0.6) is 0 Å². The van der Waals surface area contributed by atoms with Crippen molar-refractivity contribution in [1.29, 1.82) is 0 Å². The highest BCUT2D eigenvalue weighted by Crippen LogP contribution is 2.17. The van der Waals surface area contributed by atoms with Crippen molar-refractivity contribution in [3.63, 3.8) is 0 Å². The number of carbonyl (C=O) groups is 1. The molecule has 0 saturated heterocycles. The maximum absolute atomic E-state index is 12.5. The van der Waals surface area contributed by atoms with E-state index in [1.165, 1.54) is 12.1 Å². The highest BCUT2D eigenvalue weighted by Gasteiger charge is 2.14. The highest BCUT2D eigenvalue weighted by atomic mass is 32.2. The molecule has 0 radical (unpaired) electrons. The first-order valence-corrected chi connectivity index (χ1v) is 11.5. The van der Waals surface area contributed by atoms with Crippen molar-refractivity contribution in [2.75, 3.05) is 4.72 Å². The molecular formula is C24H26N2O4S. The zero-order chi connectivity index (χ0) is 22.3. The van der Waals surface area contributed by atoms with Crippen LogP contribution in [0.25, 0.3) is 0 Å². The summed E-state index contributed by atoms with van der Waals surface area (Å²) in [6, 6.07) is 22.2. The van der Waals surface area contributed by atoms with Gasteiger partial charge in [-0.25, -0.2) is 8.42 Å². The van der Waals surface area contributed by atoms with Crippen LogP contribution in [0.2, 0.25) is 0 Å². The molecule has 3 aromatic rings. The normalized spacial score (nSPS) is 11.3. The number of hydrogen-bond donors (Lipinski definition) is 2. The third kappa shape index (κ3) is 6.41. The lowest BCUT2D eigenvalue weighted by molar-refractivity contribution is 0.0651. The summed E-state index contributed by atoms with van der Waals surface area (Å²) < 4.78 is 33.0. The van der Waals surface area contributed by atoms with E-state index in [1.807, 2.05) is 38.1 Å². The van der Waals surface area contributed by atoms with Gasteiger partial charge in [-0.15, -0.1) is 0 Å². The van der Waals surface area contributed by atoms with Crippen LogP contribution in [-0.4, -0.2) is 20.4 Å². The molecule has 31 heavy (non-hydrogen) atoms. The van der Waals surface area contributed by atoms with Gasteiger partial charge in [-0.1, -0.05) is 42.5 Å². The maximum Gasteiger partial charge on any atom is 0.261 e. The molecule has 0 aliphatic heterocycles. The smallest absolute Gasteiger partial charge is 0.261 e. The summed E-state index contributed by atoms with van der Waals surface area (Å²) >= 11 is 0. The van der Waals surface area contributed by atoms with Gasteiger partial charge < -0.3 is 10.1 Å². The van der Waals surface area contributed by atoms with Gasteiger partial charge in [-0.3, -0.25) is 9.52 Å². The number of carbonyl (C=O) groups excluding carboxylic acids is 1. The Bertz CT molecular complexity index is 1110. The van der Waals surface area contributed by atoms with Crippen LogP contribution in [0, 0.1) is 0 Å². The van der Waals surface area contributed by atoms with Crippen molar-refractivity contribution in [1.82, 2.24) is 5.32 Å². The van der Waals surface area contributed by atoms with Crippen molar-refractivity contribution in [3.05, 3.63) is 95.6 Å². The second kappa shape index (κ2) is 10.2. The van der Waals surface area contributed by atoms with E-state index in [9.17, 15) is 13.2 Å². The number of anilines is 1. The Labute approximate surface area is 183 Å². The van der Waals surface area contributed by atoms with Crippen LogP contribution in [-0.2, 0) is 27.9 Å². The summed E-state index contributed by atoms with van der Waals surface area (Å²) in [7, 11) is -3.67. The Hall–Kier alpha value is -3.16. The Morgan fingerprint density at radius 3 is 2.13 bits per heavy atom. The monoisotopic (exact) mass is 438 g/mol. The van der Waals surface area contributed by atoms with E-state index in [0.29, 0.717) is 24.4 Å². The number of sulfonamides is 1. The minimum Gasteiger partial charge on any atom is -0.374 e. The van der Waals surface area contributed by atoms with Crippen LogP contribution < -0.4 is 10.0 Å². The van der Waals surface area contributed by atoms with Gasteiger partial charge in [0.1, 0.15) is 0 Å². The standard InChI is InChI=1S/C24H26N2O4S/c1-18(2)30-17-21-9-7-6-8-20(21)16-25-24(27)19-12-14-22(15-13-19)26-31(28,29)23-10-4-3-5-11-23/h3-15,18,26H,16-17H2,1-2H3,(H,25,27). The molecule has 6 nitrogen and oxygen atoms in total. The Morgan fingerprint density at radius 2 is 1.48 bits per heavy atom. The number of nitrogens with one attached hydrogen (secondary N) is 2. The Kier molecular flexibility index (Phi) is 7.44. The number of ether oxygens (including phenoxy) is 1. The lowest BCUT2D eigenvalue weighted by Crippen LogP contribution is -2.23. The number of amides is 1. The topological polar surface area (TPSA) is 84.5 Å². The van der Waals surface area contributed by atoms with Gasteiger partial charge in [0.2, 0.25) is 0 Å². The second-order valence-corrected chi connectivity index (χ2v) is 8.99. The van der Waals surface area contributed by atoms with Gasteiger partial charge in [0.05, 0.1) is 17.6 Å². The SMILES string of the molecule is CC(C)OCc1ccccc1CNC(=O)c1ccc(NS(=O)(=O)c2ccccc2)cc1. The summed E-state index contributed by atoms with van der Waals surface area (Å²) in [4.78, 5) is 12.7. The molecule has 0 spiro atoms. The van der Waals surface area contributed by atoms with Gasteiger partial charge in [-0.05, 0) is 61.4 Å². The molecule has 2 N–H and O–H groups in total. The molecule has 0 atom stereocenters. The molecule has 3 rings (SSSR count). The molecule has 0 saturated carbocycles. The molecule has 0 bridgehead atoms. The predicted octanol–water partition coefficient (Wildman–Crippen LogP) is 4.34. The van der Waals surface area contributed by atoms with E-state index >= 15 is 0 Å². The highest BCUT2D eigenvalue weighted by molar-refractivity contribution is 7.92. The largest absolute Gasteiger partial charge is 0.374 e. The predicted molar refractivity (Wildman–Crippen MR) is 121 cm³/mol. The second-order valence-electron chi connectivity index (χ2n) is 7.31. The zero-order valence-electron chi connectivity index (χ0n) is 17.5. The van der Waals surface area contributed by atoms with Crippen molar-refractivity contribution in [2.24, 2.45) is 0 Å². The third-order valence-corrected chi connectivity index (χ3v) is 5.98. The van der Waals surface area contributed by atoms with Gasteiger partial charge in [0.15, 0.2) is 0 Å². The van der Waals surface area contributed by atoms with Gasteiger partial charge in [0, 0.05) is 17.8 Å². The van der Waals surface area contributed by atoms with E-state index in [1.54, 1.807) is 42.5 Å². The van der Waals surface area contributed by atoms with Crippen molar-refractivity contribution in [3.8, 4) is 0 Å². The first kappa shape index (κ1) is 22.5. The van der Waals surface area contributed by atoms with E-state index < -0.39 is 10.0 Å². The van der Waals surface area contributed by atoms with Crippen LogP contribution in [0.1, 0.15) is 35.3 Å².